The van der Waals surface area contributed by atoms with Crippen LogP contribution < -0.4 is 0 Å². The van der Waals surface area contributed by atoms with Crippen molar-refractivity contribution < 1.29 is 9.90 Å². The third-order valence-corrected chi connectivity index (χ3v) is 3.24. The van der Waals surface area contributed by atoms with E-state index in [9.17, 15) is 4.79 Å². The highest BCUT2D eigenvalue weighted by Gasteiger charge is 2.13. The minimum Gasteiger partial charge on any atom is -0.478 e. The van der Waals surface area contributed by atoms with Gasteiger partial charge in [0.1, 0.15) is 0 Å². The summed E-state index contributed by atoms with van der Waals surface area (Å²) in [6.45, 7) is 4.75. The van der Waals surface area contributed by atoms with E-state index in [1.54, 1.807) is 24.4 Å². The average Bonchev–Trinajstić information content (AvgIpc) is 2.71. The van der Waals surface area contributed by atoms with Crippen molar-refractivity contribution in [1.29, 1.82) is 0 Å². The van der Waals surface area contributed by atoms with E-state index in [1.165, 1.54) is 0 Å². The number of aryl methyl sites for hydroxylation is 1. The predicted molar refractivity (Wildman–Crippen MR) is 70.0 cm³/mol. The maximum absolute atomic E-state index is 11.0. The quantitative estimate of drug-likeness (QED) is 0.926. The number of rotatable bonds is 3. The molecule has 0 aliphatic heterocycles. The zero-order valence-corrected chi connectivity index (χ0v) is 10.9. The molecule has 0 fully saturated rings. The van der Waals surface area contributed by atoms with Crippen LogP contribution in [-0.2, 0) is 6.54 Å². The molecule has 4 nitrogen and oxygen atoms in total. The number of carbonyl (C=O) groups is 1. The molecule has 5 heteroatoms. The fraction of sp³-hybridized carbons (Fsp3) is 0.231. The summed E-state index contributed by atoms with van der Waals surface area (Å²) >= 11 is 5.85. The van der Waals surface area contributed by atoms with E-state index >= 15 is 0 Å². The molecule has 2 rings (SSSR count). The van der Waals surface area contributed by atoms with E-state index in [-0.39, 0.29) is 10.6 Å². The Morgan fingerprint density at radius 1 is 1.50 bits per heavy atom. The Balaban J connectivity index is 2.54. The lowest BCUT2D eigenvalue weighted by atomic mass is 10.0. The van der Waals surface area contributed by atoms with Gasteiger partial charge in [0.05, 0.1) is 16.8 Å². The maximum Gasteiger partial charge on any atom is 0.337 e. The van der Waals surface area contributed by atoms with Crippen LogP contribution in [0.5, 0.6) is 0 Å². The molecule has 94 valence electrons. The van der Waals surface area contributed by atoms with Gasteiger partial charge in [-0.2, -0.15) is 5.10 Å². The van der Waals surface area contributed by atoms with Gasteiger partial charge in [-0.1, -0.05) is 17.7 Å². The molecule has 0 bridgehead atoms. The molecule has 1 N–H and O–H groups in total. The fourth-order valence-electron chi connectivity index (χ4n) is 1.91. The zero-order valence-electron chi connectivity index (χ0n) is 10.1. The van der Waals surface area contributed by atoms with Crippen LogP contribution in [0.3, 0.4) is 0 Å². The van der Waals surface area contributed by atoms with E-state index in [4.69, 9.17) is 16.7 Å². The smallest absolute Gasteiger partial charge is 0.337 e. The van der Waals surface area contributed by atoms with Crippen molar-refractivity contribution >= 4 is 17.6 Å². The number of carboxylic acid groups (broad SMARTS) is 1. The Kier molecular flexibility index (Phi) is 3.39. The van der Waals surface area contributed by atoms with Gasteiger partial charge < -0.3 is 5.11 Å². The molecule has 0 radical (unpaired) electrons. The molecule has 0 saturated carbocycles. The molecule has 1 heterocycles. The lowest BCUT2D eigenvalue weighted by Crippen LogP contribution is -1.99. The maximum atomic E-state index is 11.0. The van der Waals surface area contributed by atoms with Gasteiger partial charge in [-0.05, 0) is 31.5 Å². The largest absolute Gasteiger partial charge is 0.478 e. The number of aromatic nitrogens is 2. The van der Waals surface area contributed by atoms with Crippen LogP contribution >= 0.6 is 11.6 Å². The van der Waals surface area contributed by atoms with Gasteiger partial charge in [0.25, 0.3) is 0 Å². The number of nitrogens with zero attached hydrogens (tertiary/aromatic N) is 2. The van der Waals surface area contributed by atoms with Crippen LogP contribution in [0.1, 0.15) is 23.0 Å². The van der Waals surface area contributed by atoms with E-state index < -0.39 is 5.97 Å². The highest BCUT2D eigenvalue weighted by atomic mass is 35.5. The highest BCUT2D eigenvalue weighted by Crippen LogP contribution is 2.27. The third-order valence-electron chi connectivity index (χ3n) is 2.91. The van der Waals surface area contributed by atoms with Crippen LogP contribution in [0.4, 0.5) is 0 Å². The van der Waals surface area contributed by atoms with Crippen molar-refractivity contribution in [3.05, 3.63) is 40.7 Å². The molecule has 0 spiro atoms. The summed E-state index contributed by atoms with van der Waals surface area (Å²) in [5, 5.41) is 13.5. The van der Waals surface area contributed by atoms with Crippen molar-refractivity contribution in [1.82, 2.24) is 9.78 Å². The van der Waals surface area contributed by atoms with Crippen molar-refractivity contribution in [2.75, 3.05) is 0 Å². The molecule has 0 atom stereocenters. The highest BCUT2D eigenvalue weighted by molar-refractivity contribution is 6.33. The first-order chi connectivity index (χ1) is 8.54. The Bertz CT molecular complexity index is 605. The van der Waals surface area contributed by atoms with E-state index in [1.807, 2.05) is 18.5 Å². The Morgan fingerprint density at radius 2 is 2.22 bits per heavy atom. The molecule has 0 saturated heterocycles. The molecule has 0 aliphatic carbocycles. The molecule has 0 unspecified atom stereocenters. The first-order valence-corrected chi connectivity index (χ1v) is 5.98. The first kappa shape index (κ1) is 12.6. The SMILES string of the molecule is CCn1ncc(-c2ccc(Cl)c(C(=O)O)c2)c1C. The van der Waals surface area contributed by atoms with Crippen LogP contribution in [0.2, 0.25) is 5.02 Å². The summed E-state index contributed by atoms with van der Waals surface area (Å²) in [5.41, 5.74) is 2.86. The fourth-order valence-corrected chi connectivity index (χ4v) is 2.10. The van der Waals surface area contributed by atoms with E-state index in [0.717, 1.165) is 23.4 Å². The topological polar surface area (TPSA) is 55.1 Å². The Labute approximate surface area is 110 Å². The number of carboxylic acids is 1. The summed E-state index contributed by atoms with van der Waals surface area (Å²) in [5.74, 6) is -1.03. The summed E-state index contributed by atoms with van der Waals surface area (Å²) in [4.78, 5) is 11.0. The second-order valence-electron chi connectivity index (χ2n) is 3.96. The number of hydrogen-bond acceptors (Lipinski definition) is 2. The van der Waals surface area contributed by atoms with Crippen molar-refractivity contribution in [2.45, 2.75) is 20.4 Å². The molecule has 2 aromatic rings. The summed E-state index contributed by atoms with van der Waals surface area (Å²) in [7, 11) is 0. The summed E-state index contributed by atoms with van der Waals surface area (Å²) < 4.78 is 1.87. The number of hydrogen-bond donors (Lipinski definition) is 1. The number of halogens is 1. The monoisotopic (exact) mass is 264 g/mol. The van der Waals surface area contributed by atoms with Gasteiger partial charge in [-0.15, -0.1) is 0 Å². The lowest BCUT2D eigenvalue weighted by molar-refractivity contribution is 0.0697. The molecular weight excluding hydrogens is 252 g/mol. The molecule has 1 aromatic heterocycles. The number of aromatic carboxylic acids is 1. The molecule has 0 amide bonds. The van der Waals surface area contributed by atoms with Crippen LogP contribution in [-0.4, -0.2) is 20.9 Å². The van der Waals surface area contributed by atoms with Gasteiger partial charge >= 0.3 is 5.97 Å². The minimum absolute atomic E-state index is 0.109. The van der Waals surface area contributed by atoms with Crippen LogP contribution in [0.15, 0.2) is 24.4 Å². The molecule has 0 aliphatic rings. The van der Waals surface area contributed by atoms with Gasteiger partial charge in [0.2, 0.25) is 0 Å². The van der Waals surface area contributed by atoms with Gasteiger partial charge in [0.15, 0.2) is 0 Å². The summed E-state index contributed by atoms with van der Waals surface area (Å²) in [6, 6.07) is 4.98. The van der Waals surface area contributed by atoms with Crippen molar-refractivity contribution in [3.8, 4) is 11.1 Å². The minimum atomic E-state index is -1.03. The number of benzene rings is 1. The second kappa shape index (κ2) is 4.82. The Morgan fingerprint density at radius 3 is 2.78 bits per heavy atom. The normalized spacial score (nSPS) is 10.6. The van der Waals surface area contributed by atoms with Crippen LogP contribution in [0.25, 0.3) is 11.1 Å². The molecular formula is C13H13ClN2O2. The standard InChI is InChI=1S/C13H13ClN2O2/c1-3-16-8(2)11(7-15-16)9-4-5-12(14)10(6-9)13(17)18/h4-7H,3H2,1-2H3,(H,17,18). The second-order valence-corrected chi connectivity index (χ2v) is 4.37. The van der Waals surface area contributed by atoms with Crippen molar-refractivity contribution in [2.24, 2.45) is 0 Å². The molecule has 18 heavy (non-hydrogen) atoms. The zero-order chi connectivity index (χ0) is 13.3. The summed E-state index contributed by atoms with van der Waals surface area (Å²) in [6.07, 6.45) is 1.74. The van der Waals surface area contributed by atoms with Gasteiger partial charge in [0, 0.05) is 17.8 Å². The third kappa shape index (κ3) is 2.11. The average molecular weight is 265 g/mol. The Hall–Kier alpha value is -1.81. The van der Waals surface area contributed by atoms with E-state index in [2.05, 4.69) is 5.10 Å². The predicted octanol–water partition coefficient (Wildman–Crippen LogP) is 3.23. The first-order valence-electron chi connectivity index (χ1n) is 5.60. The van der Waals surface area contributed by atoms with Crippen LogP contribution in [0, 0.1) is 6.92 Å². The van der Waals surface area contributed by atoms with E-state index in [0.29, 0.717) is 0 Å². The van der Waals surface area contributed by atoms with Gasteiger partial charge in [-0.3, -0.25) is 4.68 Å². The lowest BCUT2D eigenvalue weighted by Gasteiger charge is -2.05. The van der Waals surface area contributed by atoms with Gasteiger partial charge in [-0.25, -0.2) is 4.79 Å². The van der Waals surface area contributed by atoms with Crippen molar-refractivity contribution in [3.63, 3.8) is 0 Å². The molecule has 1 aromatic carbocycles.